The van der Waals surface area contributed by atoms with Crippen molar-refractivity contribution in [3.8, 4) is 5.75 Å². The third kappa shape index (κ3) is 2.35. The molecule has 0 atom stereocenters. The van der Waals surface area contributed by atoms with Crippen LogP contribution in [0.5, 0.6) is 5.75 Å². The fourth-order valence-electron chi connectivity index (χ4n) is 2.33. The zero-order valence-electron chi connectivity index (χ0n) is 12.4. The van der Waals surface area contributed by atoms with E-state index in [0.29, 0.717) is 10.6 Å². The second-order valence-corrected chi connectivity index (χ2v) is 10.3. The van der Waals surface area contributed by atoms with Gasteiger partial charge in [0.25, 0.3) is 0 Å². The van der Waals surface area contributed by atoms with Gasteiger partial charge in [-0.15, -0.1) is 0 Å². The summed E-state index contributed by atoms with van der Waals surface area (Å²) in [6.07, 6.45) is 3.25. The number of ether oxygens (including phenoxy) is 1. The summed E-state index contributed by atoms with van der Waals surface area (Å²) in [5.74, 6) is 0.590. The van der Waals surface area contributed by atoms with Crippen LogP contribution in [0, 0.1) is 0 Å². The van der Waals surface area contributed by atoms with Gasteiger partial charge in [-0.3, -0.25) is 4.98 Å². The van der Waals surface area contributed by atoms with Crippen molar-refractivity contribution in [2.75, 3.05) is 7.11 Å². The number of methoxy groups -OCH3 is 1. The molecule has 1 rings (SSSR count). The minimum absolute atomic E-state index is 0.471. The van der Waals surface area contributed by atoms with Crippen LogP contribution < -0.4 is 4.74 Å². The molecule has 104 valence electrons. The molecule has 18 heavy (non-hydrogen) atoms. The zero-order chi connectivity index (χ0) is 14.2. The maximum Gasteiger partial charge on any atom is 0.136 e. The molecule has 0 aliphatic heterocycles. The van der Waals surface area contributed by atoms with Gasteiger partial charge in [0, 0.05) is 21.9 Å². The molecule has 1 aromatic rings. The number of nitrogens with zero attached hydrogens (tertiary/aromatic N) is 1. The van der Waals surface area contributed by atoms with Crippen LogP contribution in [0.1, 0.15) is 41.5 Å². The number of hydrogen-bond acceptors (Lipinski definition) is 2. The number of hydrogen-bond donors (Lipinski definition) is 0. The first-order valence-electron chi connectivity index (χ1n) is 6.06. The lowest BCUT2D eigenvalue weighted by molar-refractivity contribution is 0.401. The Morgan fingerprint density at radius 2 is 1.61 bits per heavy atom. The first-order chi connectivity index (χ1) is 8.05. The van der Waals surface area contributed by atoms with Crippen LogP contribution in [0.3, 0.4) is 0 Å². The summed E-state index contributed by atoms with van der Waals surface area (Å²) in [6, 6.07) is 1.73. The van der Waals surface area contributed by atoms with E-state index in [0.717, 1.165) is 0 Å². The van der Waals surface area contributed by atoms with Gasteiger partial charge in [0.1, 0.15) is 5.75 Å². The van der Waals surface area contributed by atoms with Gasteiger partial charge in [-0.2, -0.15) is 3.89 Å². The molecule has 0 unspecified atom stereocenters. The van der Waals surface area contributed by atoms with Crippen LogP contribution in [-0.4, -0.2) is 21.6 Å². The van der Waals surface area contributed by atoms with Gasteiger partial charge >= 0.3 is 0 Å². The van der Waals surface area contributed by atoms with E-state index in [1.807, 2.05) is 41.5 Å². The molecular formula is C14H24FNOS. The Morgan fingerprint density at radius 3 is 2.00 bits per heavy atom. The molecule has 0 fully saturated rings. The number of aromatic nitrogens is 1. The van der Waals surface area contributed by atoms with E-state index in [1.54, 1.807) is 25.6 Å². The van der Waals surface area contributed by atoms with Crippen LogP contribution in [0.4, 0.5) is 3.89 Å². The molecule has 1 heterocycles. The first-order valence-corrected chi connectivity index (χ1v) is 7.59. The van der Waals surface area contributed by atoms with Gasteiger partial charge in [0.15, 0.2) is 0 Å². The highest BCUT2D eigenvalue weighted by Crippen LogP contribution is 2.75. The van der Waals surface area contributed by atoms with Crippen molar-refractivity contribution in [3.05, 3.63) is 18.5 Å². The summed E-state index contributed by atoms with van der Waals surface area (Å²) < 4.78 is 20.3. The second-order valence-electron chi connectivity index (χ2n) is 6.29. The monoisotopic (exact) mass is 273 g/mol. The highest BCUT2D eigenvalue weighted by Gasteiger charge is 2.49. The van der Waals surface area contributed by atoms with Crippen molar-refractivity contribution in [1.29, 1.82) is 0 Å². The third-order valence-corrected chi connectivity index (χ3v) is 7.25. The Bertz CT molecular complexity index is 407. The minimum atomic E-state index is -2.58. The van der Waals surface area contributed by atoms with E-state index in [-0.39, 0.29) is 0 Å². The van der Waals surface area contributed by atoms with Gasteiger partial charge in [0.05, 0.1) is 12.0 Å². The first kappa shape index (κ1) is 15.3. The maximum absolute atomic E-state index is 15.9. The molecule has 0 saturated carbocycles. The molecule has 0 aliphatic rings. The number of halogens is 1. The summed E-state index contributed by atoms with van der Waals surface area (Å²) in [5, 5.41) is 0. The number of pyridine rings is 1. The van der Waals surface area contributed by atoms with Crippen molar-refractivity contribution in [1.82, 2.24) is 4.98 Å². The van der Waals surface area contributed by atoms with Gasteiger partial charge in [-0.25, -0.2) is 0 Å². The van der Waals surface area contributed by atoms with E-state index >= 15 is 3.89 Å². The van der Waals surface area contributed by atoms with Crippen molar-refractivity contribution in [3.63, 3.8) is 0 Å². The van der Waals surface area contributed by atoms with Crippen LogP contribution in [-0.2, 0) is 0 Å². The standard InChI is InChI=1S/C14H24FNOS/c1-13(2,3)18(15,14(4,5)6)12-10-16-9-8-11(12)17-7/h8-10H,1-7H3. The van der Waals surface area contributed by atoms with Gasteiger partial charge < -0.3 is 4.74 Å². The average Bonchev–Trinajstić information content (AvgIpc) is 2.24. The van der Waals surface area contributed by atoms with E-state index in [2.05, 4.69) is 4.98 Å². The van der Waals surface area contributed by atoms with Crippen molar-refractivity contribution in [2.24, 2.45) is 0 Å². The normalized spacial score (nSPS) is 14.4. The molecule has 0 bridgehead atoms. The van der Waals surface area contributed by atoms with E-state index in [4.69, 9.17) is 4.74 Å². The van der Waals surface area contributed by atoms with E-state index in [9.17, 15) is 0 Å². The zero-order valence-corrected chi connectivity index (χ0v) is 13.2. The molecular weight excluding hydrogens is 249 g/mol. The Hall–Kier alpha value is -0.770. The fourth-order valence-corrected chi connectivity index (χ4v) is 6.12. The SMILES string of the molecule is COc1ccncc1S(F)(C(C)(C)C)C(C)(C)C. The second kappa shape index (κ2) is 4.72. The van der Waals surface area contributed by atoms with E-state index in [1.165, 1.54) is 0 Å². The van der Waals surface area contributed by atoms with Crippen LogP contribution in [0.2, 0.25) is 0 Å². The quantitative estimate of drug-likeness (QED) is 0.776. The highest BCUT2D eigenvalue weighted by atomic mass is 32.3. The average molecular weight is 273 g/mol. The Labute approximate surface area is 112 Å². The molecule has 0 amide bonds. The van der Waals surface area contributed by atoms with Gasteiger partial charge in [-0.1, -0.05) is 0 Å². The van der Waals surface area contributed by atoms with E-state index < -0.39 is 19.9 Å². The lowest BCUT2D eigenvalue weighted by Gasteiger charge is -2.52. The van der Waals surface area contributed by atoms with Crippen LogP contribution in [0.25, 0.3) is 0 Å². The summed E-state index contributed by atoms with van der Waals surface area (Å²) in [7, 11) is -1.01. The molecule has 0 N–H and O–H groups in total. The van der Waals surface area contributed by atoms with Gasteiger partial charge in [0.2, 0.25) is 0 Å². The largest absolute Gasteiger partial charge is 0.495 e. The summed E-state index contributed by atoms with van der Waals surface area (Å²) in [5.41, 5.74) is 0. The predicted molar refractivity (Wildman–Crippen MR) is 77.3 cm³/mol. The molecule has 1 aromatic heterocycles. The Kier molecular flexibility index (Phi) is 4.01. The van der Waals surface area contributed by atoms with Gasteiger partial charge in [-0.05, 0) is 58.0 Å². The smallest absolute Gasteiger partial charge is 0.136 e. The predicted octanol–water partition coefficient (Wildman–Crippen LogP) is 4.74. The molecule has 0 radical (unpaired) electrons. The molecule has 0 aliphatic carbocycles. The van der Waals surface area contributed by atoms with Crippen LogP contribution >= 0.6 is 10.4 Å². The maximum atomic E-state index is 15.9. The lowest BCUT2D eigenvalue weighted by atomic mass is 10.2. The summed E-state index contributed by atoms with van der Waals surface area (Å²) >= 11 is 0. The van der Waals surface area contributed by atoms with Crippen molar-refractivity contribution >= 4 is 10.4 Å². The fraction of sp³-hybridized carbons (Fsp3) is 0.643. The lowest BCUT2D eigenvalue weighted by Crippen LogP contribution is -2.35. The molecule has 0 aromatic carbocycles. The molecule has 0 spiro atoms. The van der Waals surface area contributed by atoms with Crippen molar-refractivity contribution < 1.29 is 8.62 Å². The third-order valence-electron chi connectivity index (χ3n) is 2.96. The topological polar surface area (TPSA) is 22.1 Å². The van der Waals surface area contributed by atoms with Crippen molar-refractivity contribution in [2.45, 2.75) is 55.9 Å². The Morgan fingerprint density at radius 1 is 1.11 bits per heavy atom. The molecule has 4 heteroatoms. The molecule has 0 saturated heterocycles. The summed E-state index contributed by atoms with van der Waals surface area (Å²) in [4.78, 5) is 4.69. The van der Waals surface area contributed by atoms with Crippen LogP contribution in [0.15, 0.2) is 23.4 Å². The minimum Gasteiger partial charge on any atom is -0.495 e. The number of rotatable bonds is 2. The summed E-state index contributed by atoms with van der Waals surface area (Å²) in [6.45, 7) is 11.7. The highest BCUT2D eigenvalue weighted by molar-refractivity contribution is 8.31. The molecule has 2 nitrogen and oxygen atoms in total. The Balaban J connectivity index is 3.56.